The smallest absolute Gasteiger partial charge is 0.269 e. The minimum Gasteiger partial charge on any atom is -0.269 e. The summed E-state index contributed by atoms with van der Waals surface area (Å²) in [6.07, 6.45) is 25.9. The molecule has 0 atom stereocenters. The van der Waals surface area contributed by atoms with Gasteiger partial charge in [0.25, 0.3) is 0 Å². The summed E-state index contributed by atoms with van der Waals surface area (Å²) in [5, 5.41) is 0. The second kappa shape index (κ2) is 21.2. The zero-order valence-electron chi connectivity index (χ0n) is 23.9. The van der Waals surface area contributed by atoms with Crippen LogP contribution in [0, 0.1) is 12.2 Å². The van der Waals surface area contributed by atoms with E-state index in [0.29, 0.717) is 0 Å². The first-order chi connectivity index (χ1) is 17.7. The van der Waals surface area contributed by atoms with E-state index in [9.17, 15) is 0 Å². The number of allylic oxidation sites excluding steroid dienone is 8. The minimum atomic E-state index is 0. The van der Waals surface area contributed by atoms with E-state index < -0.39 is 0 Å². The van der Waals surface area contributed by atoms with Gasteiger partial charge in [0.2, 0.25) is 0 Å². The van der Waals surface area contributed by atoms with E-state index in [1.807, 2.05) is 0 Å². The fourth-order valence-electron chi connectivity index (χ4n) is 4.59. The van der Waals surface area contributed by atoms with Crippen molar-refractivity contribution in [3.63, 3.8) is 0 Å². The molecule has 0 spiro atoms. The van der Waals surface area contributed by atoms with E-state index in [4.69, 9.17) is 0 Å². The van der Waals surface area contributed by atoms with Gasteiger partial charge in [0.1, 0.15) is 0 Å². The summed E-state index contributed by atoms with van der Waals surface area (Å²) >= 11 is 0. The number of hydrogen-bond acceptors (Lipinski definition) is 0. The maximum atomic E-state index is 3.39. The Morgan fingerprint density at radius 1 is 0.541 bits per heavy atom. The van der Waals surface area contributed by atoms with Crippen LogP contribution in [0.15, 0.2) is 95.1 Å². The van der Waals surface area contributed by atoms with Crippen molar-refractivity contribution in [3.05, 3.63) is 118 Å². The molecular formula is C36H48Zr. The van der Waals surface area contributed by atoms with Gasteiger partial charge in [-0.2, -0.15) is 23.3 Å². The molecule has 0 heterocycles. The Hall–Kier alpha value is -1.72. The molecule has 0 aromatic heterocycles. The first-order valence-corrected chi connectivity index (χ1v) is 14.4. The second-order valence-electron chi connectivity index (χ2n) is 9.56. The third-order valence-corrected chi connectivity index (χ3v) is 6.80. The van der Waals surface area contributed by atoms with Crippen molar-refractivity contribution < 1.29 is 26.2 Å². The topological polar surface area (TPSA) is 0 Å². The Morgan fingerprint density at radius 2 is 0.919 bits per heavy atom. The Balaban J connectivity index is 0.000000277. The summed E-state index contributed by atoms with van der Waals surface area (Å²) in [6.45, 7) is 8.92. The molecule has 0 nitrogen and oxygen atoms in total. The van der Waals surface area contributed by atoms with Crippen molar-refractivity contribution in [2.24, 2.45) is 0 Å². The van der Waals surface area contributed by atoms with Gasteiger partial charge in [-0.1, -0.05) is 140 Å². The average Bonchev–Trinajstić information content (AvgIpc) is 3.60. The van der Waals surface area contributed by atoms with Crippen molar-refractivity contribution in [2.45, 2.75) is 105 Å². The monoisotopic (exact) mass is 570 g/mol. The van der Waals surface area contributed by atoms with Crippen LogP contribution in [-0.2, 0) is 39.0 Å². The molecule has 0 bridgehead atoms. The van der Waals surface area contributed by atoms with Crippen LogP contribution in [0.2, 0.25) is 0 Å². The average molecular weight is 572 g/mol. The van der Waals surface area contributed by atoms with Crippen molar-refractivity contribution in [1.29, 1.82) is 0 Å². The molecule has 2 aromatic rings. The van der Waals surface area contributed by atoms with Crippen molar-refractivity contribution in [1.82, 2.24) is 0 Å². The summed E-state index contributed by atoms with van der Waals surface area (Å²) in [6, 6.07) is 21.2. The molecule has 37 heavy (non-hydrogen) atoms. The molecule has 0 N–H and O–H groups in total. The van der Waals surface area contributed by atoms with Gasteiger partial charge >= 0.3 is 26.2 Å². The summed E-state index contributed by atoms with van der Waals surface area (Å²) in [5.41, 5.74) is 8.90. The van der Waals surface area contributed by atoms with E-state index in [2.05, 4.69) is 113 Å². The van der Waals surface area contributed by atoms with Crippen LogP contribution in [0.1, 0.15) is 103 Å². The predicted octanol–water partition coefficient (Wildman–Crippen LogP) is 10.8. The van der Waals surface area contributed by atoms with Gasteiger partial charge in [0.05, 0.1) is 0 Å². The van der Waals surface area contributed by atoms with Gasteiger partial charge in [-0.25, -0.2) is 11.1 Å². The Kier molecular flexibility index (Phi) is 19.1. The number of aryl methyl sites for hydroxylation is 2. The van der Waals surface area contributed by atoms with Gasteiger partial charge in [-0.15, -0.1) is 12.8 Å². The first-order valence-electron chi connectivity index (χ1n) is 14.4. The molecule has 2 aliphatic rings. The Labute approximate surface area is 248 Å². The van der Waals surface area contributed by atoms with Crippen LogP contribution >= 0.6 is 0 Å². The van der Waals surface area contributed by atoms with Gasteiger partial charge < -0.3 is 0 Å². The number of unbranched alkanes of at least 4 members (excludes halogenated alkanes) is 2. The summed E-state index contributed by atoms with van der Waals surface area (Å²) in [5.74, 6) is 0. The first kappa shape index (κ1) is 33.3. The van der Waals surface area contributed by atoms with Crippen molar-refractivity contribution in [3.8, 4) is 0 Å². The van der Waals surface area contributed by atoms with Crippen molar-refractivity contribution in [2.75, 3.05) is 0 Å². The molecule has 0 unspecified atom stereocenters. The van der Waals surface area contributed by atoms with E-state index in [-0.39, 0.29) is 26.2 Å². The van der Waals surface area contributed by atoms with E-state index in [0.717, 1.165) is 38.5 Å². The molecule has 0 radical (unpaired) electrons. The zero-order valence-corrected chi connectivity index (χ0v) is 26.4. The molecule has 196 valence electrons. The molecule has 2 aliphatic carbocycles. The van der Waals surface area contributed by atoms with E-state index in [1.54, 1.807) is 11.1 Å². The molecular weight excluding hydrogens is 524 g/mol. The Morgan fingerprint density at radius 3 is 1.24 bits per heavy atom. The van der Waals surface area contributed by atoms with E-state index >= 15 is 0 Å². The third kappa shape index (κ3) is 13.6. The SMILES string of the molecule is CCCCC1=CC[C-]=C1CC.CCCCC1=CC[C-]=C1CC.[Zr+2].c1ccc(CCc2ccccc2)cc1. The van der Waals surface area contributed by atoms with Crippen LogP contribution in [0.25, 0.3) is 0 Å². The molecule has 0 saturated carbocycles. The fraction of sp³-hybridized carbons (Fsp3) is 0.444. The molecule has 1 heteroatoms. The largest absolute Gasteiger partial charge is 2.00 e. The maximum absolute atomic E-state index is 3.39. The van der Waals surface area contributed by atoms with Gasteiger partial charge in [-0.3, -0.25) is 12.2 Å². The molecule has 0 fully saturated rings. The third-order valence-electron chi connectivity index (χ3n) is 6.80. The molecule has 4 rings (SSSR count). The Bertz CT molecular complexity index is 879. The number of benzene rings is 2. The number of hydrogen-bond donors (Lipinski definition) is 0. The maximum Gasteiger partial charge on any atom is 2.00 e. The predicted molar refractivity (Wildman–Crippen MR) is 159 cm³/mol. The summed E-state index contributed by atoms with van der Waals surface area (Å²) < 4.78 is 0. The van der Waals surface area contributed by atoms with Crippen LogP contribution in [0.3, 0.4) is 0 Å². The minimum absolute atomic E-state index is 0. The normalized spacial score (nSPS) is 13.6. The van der Waals surface area contributed by atoms with Crippen LogP contribution in [0.5, 0.6) is 0 Å². The van der Waals surface area contributed by atoms with Crippen molar-refractivity contribution >= 4 is 0 Å². The molecule has 0 amide bonds. The van der Waals surface area contributed by atoms with Gasteiger partial charge in [0.15, 0.2) is 0 Å². The van der Waals surface area contributed by atoms with Crippen LogP contribution in [0.4, 0.5) is 0 Å². The molecule has 0 aliphatic heterocycles. The van der Waals surface area contributed by atoms with Gasteiger partial charge in [0, 0.05) is 0 Å². The molecule has 2 aromatic carbocycles. The fourth-order valence-corrected chi connectivity index (χ4v) is 4.59. The van der Waals surface area contributed by atoms with Gasteiger partial charge in [-0.05, 0) is 24.0 Å². The zero-order chi connectivity index (χ0) is 25.8. The summed E-state index contributed by atoms with van der Waals surface area (Å²) in [4.78, 5) is 0. The number of rotatable bonds is 11. The van der Waals surface area contributed by atoms with Crippen LogP contribution in [-0.4, -0.2) is 0 Å². The van der Waals surface area contributed by atoms with E-state index in [1.165, 1.54) is 60.8 Å². The quantitative estimate of drug-likeness (QED) is 0.235. The summed E-state index contributed by atoms with van der Waals surface area (Å²) in [7, 11) is 0. The molecule has 0 saturated heterocycles. The standard InChI is InChI=1S/C14H14.2C11H17.Zr/c1-3-7-13(8-4-1)11-12-14-9-5-2-6-10-14;2*1-3-5-7-11-9-6-8-10(11)4-2;/h1-10H,11-12H2;2*9H,3-7H2,1-2H3;/q;2*-1;+2. The second-order valence-corrected chi connectivity index (χ2v) is 9.56. The van der Waals surface area contributed by atoms with Crippen LogP contribution < -0.4 is 0 Å².